The van der Waals surface area contributed by atoms with Gasteiger partial charge in [0, 0.05) is 17.3 Å². The predicted molar refractivity (Wildman–Crippen MR) is 82.4 cm³/mol. The van der Waals surface area contributed by atoms with Crippen LogP contribution in [0.4, 0.5) is 0 Å². The van der Waals surface area contributed by atoms with E-state index >= 15 is 0 Å². The first-order chi connectivity index (χ1) is 10.8. The van der Waals surface area contributed by atoms with E-state index in [2.05, 4.69) is 38.8 Å². The number of aromatic nitrogens is 3. The summed E-state index contributed by atoms with van der Waals surface area (Å²) in [6.07, 6.45) is 6.94. The van der Waals surface area contributed by atoms with Crippen LogP contribution in [-0.4, -0.2) is 19.6 Å². The maximum absolute atomic E-state index is 10.4. The molecule has 0 radical (unpaired) electrons. The van der Waals surface area contributed by atoms with E-state index in [0.29, 0.717) is 0 Å². The summed E-state index contributed by atoms with van der Waals surface area (Å²) in [5.74, 6) is 0. The summed E-state index contributed by atoms with van der Waals surface area (Å²) >= 11 is 0. The number of imidazole rings is 1. The summed E-state index contributed by atoms with van der Waals surface area (Å²) in [5, 5.41) is 10.4. The van der Waals surface area contributed by atoms with Crippen LogP contribution in [0.25, 0.3) is 11.3 Å². The minimum Gasteiger partial charge on any atom is -0.388 e. The number of nitrogens with zero attached hydrogens (tertiary/aromatic N) is 3. The largest absolute Gasteiger partial charge is 0.388 e. The zero-order valence-electron chi connectivity index (χ0n) is 12.0. The molecule has 0 fully saturated rings. The van der Waals surface area contributed by atoms with Crippen LogP contribution in [-0.2, 0) is 6.42 Å². The van der Waals surface area contributed by atoms with E-state index in [1.165, 1.54) is 16.7 Å². The van der Waals surface area contributed by atoms with Crippen LogP contribution < -0.4 is 0 Å². The molecule has 5 rings (SSSR count). The monoisotopic (exact) mass is 289 g/mol. The molecule has 0 saturated carbocycles. The Morgan fingerprint density at radius 1 is 1.18 bits per heavy atom. The maximum atomic E-state index is 10.4. The third kappa shape index (κ3) is 1.45. The molecule has 1 N–H and O–H groups in total. The summed E-state index contributed by atoms with van der Waals surface area (Å²) < 4.78 is 2.16. The maximum Gasteiger partial charge on any atom is 0.103 e. The zero-order chi connectivity index (χ0) is 14.7. The second-order valence-electron chi connectivity index (χ2n) is 6.00. The van der Waals surface area contributed by atoms with Crippen LogP contribution in [0, 0.1) is 0 Å². The predicted octanol–water partition coefficient (Wildman–Crippen LogP) is 2.88. The molecule has 3 aromatic rings. The molecular weight excluding hydrogens is 274 g/mol. The molecule has 1 unspecified atom stereocenters. The van der Waals surface area contributed by atoms with Crippen LogP contribution in [0.2, 0.25) is 0 Å². The fraction of sp³-hybridized carbons (Fsp3) is 0.222. The van der Waals surface area contributed by atoms with Gasteiger partial charge in [-0.15, -0.1) is 0 Å². The molecule has 2 aromatic heterocycles. The number of rotatable bonds is 1. The molecule has 1 aliphatic heterocycles. The zero-order valence-corrected chi connectivity index (χ0v) is 12.0. The number of pyridine rings is 1. The molecular formula is C18H15N3O. The van der Waals surface area contributed by atoms with Crippen molar-refractivity contribution in [1.29, 1.82) is 0 Å². The number of hydrogen-bond donors (Lipinski definition) is 1. The fourth-order valence-electron chi connectivity index (χ4n) is 3.91. The molecule has 1 aromatic carbocycles. The molecule has 108 valence electrons. The van der Waals surface area contributed by atoms with Gasteiger partial charge in [-0.2, -0.15) is 0 Å². The Morgan fingerprint density at radius 3 is 3.05 bits per heavy atom. The Labute approximate surface area is 128 Å². The van der Waals surface area contributed by atoms with Gasteiger partial charge in [-0.25, -0.2) is 4.98 Å². The number of hydrogen-bond acceptors (Lipinski definition) is 3. The van der Waals surface area contributed by atoms with Crippen molar-refractivity contribution in [1.82, 2.24) is 14.5 Å². The van der Waals surface area contributed by atoms with Crippen molar-refractivity contribution in [2.45, 2.75) is 25.0 Å². The fourth-order valence-corrected chi connectivity index (χ4v) is 3.91. The summed E-state index contributed by atoms with van der Waals surface area (Å²) in [4.78, 5) is 8.96. The van der Waals surface area contributed by atoms with Gasteiger partial charge in [0.2, 0.25) is 0 Å². The summed E-state index contributed by atoms with van der Waals surface area (Å²) in [5.41, 5.74) is 6.77. The van der Waals surface area contributed by atoms with Gasteiger partial charge in [-0.1, -0.05) is 24.3 Å². The Kier molecular flexibility index (Phi) is 2.35. The average Bonchev–Trinajstić information content (AvgIpc) is 3.22. The van der Waals surface area contributed by atoms with Gasteiger partial charge in [0.25, 0.3) is 0 Å². The first kappa shape index (κ1) is 12.1. The van der Waals surface area contributed by atoms with Gasteiger partial charge < -0.3 is 9.67 Å². The quantitative estimate of drug-likeness (QED) is 0.586. The first-order valence-electron chi connectivity index (χ1n) is 7.61. The highest BCUT2D eigenvalue weighted by atomic mass is 16.3. The molecule has 1 aliphatic carbocycles. The normalized spacial score (nSPS) is 21.5. The molecule has 22 heavy (non-hydrogen) atoms. The van der Waals surface area contributed by atoms with Gasteiger partial charge in [0.1, 0.15) is 6.04 Å². The van der Waals surface area contributed by atoms with Gasteiger partial charge in [0.05, 0.1) is 30.0 Å². The summed E-state index contributed by atoms with van der Waals surface area (Å²) in [6.45, 7) is 0. The van der Waals surface area contributed by atoms with E-state index in [1.807, 2.05) is 24.8 Å². The van der Waals surface area contributed by atoms with Crippen molar-refractivity contribution < 1.29 is 5.11 Å². The van der Waals surface area contributed by atoms with Crippen molar-refractivity contribution in [3.63, 3.8) is 0 Å². The van der Waals surface area contributed by atoms with Gasteiger partial charge in [0.15, 0.2) is 0 Å². The lowest BCUT2D eigenvalue weighted by atomic mass is 9.96. The molecule has 2 atom stereocenters. The number of aryl methyl sites for hydroxylation is 1. The van der Waals surface area contributed by atoms with Crippen LogP contribution in [0.5, 0.6) is 0 Å². The highest BCUT2D eigenvalue weighted by Gasteiger charge is 2.35. The van der Waals surface area contributed by atoms with Gasteiger partial charge in [-0.3, -0.25) is 4.98 Å². The third-order valence-corrected chi connectivity index (χ3v) is 4.87. The highest BCUT2D eigenvalue weighted by Crippen LogP contribution is 2.45. The van der Waals surface area contributed by atoms with Crippen LogP contribution in [0.1, 0.15) is 41.0 Å². The highest BCUT2D eigenvalue weighted by molar-refractivity contribution is 5.70. The topological polar surface area (TPSA) is 50.9 Å². The van der Waals surface area contributed by atoms with Crippen molar-refractivity contribution in [2.24, 2.45) is 0 Å². The summed E-state index contributed by atoms with van der Waals surface area (Å²) in [6, 6.07) is 10.4. The Hall–Kier alpha value is -2.46. The molecule has 3 heterocycles. The number of aliphatic hydroxyl groups is 1. The lowest BCUT2D eigenvalue weighted by Crippen LogP contribution is -2.13. The van der Waals surface area contributed by atoms with E-state index in [4.69, 9.17) is 0 Å². The van der Waals surface area contributed by atoms with E-state index in [1.54, 1.807) is 0 Å². The van der Waals surface area contributed by atoms with E-state index in [0.717, 1.165) is 29.8 Å². The van der Waals surface area contributed by atoms with Crippen molar-refractivity contribution in [2.75, 3.05) is 0 Å². The van der Waals surface area contributed by atoms with Crippen LogP contribution >= 0.6 is 0 Å². The minimum absolute atomic E-state index is 0.0106. The van der Waals surface area contributed by atoms with Crippen LogP contribution in [0.3, 0.4) is 0 Å². The standard InChI is InChI=1S/C18H15N3O/c22-15-6-5-11-7-8-20-17(16(11)15)18-13-4-2-1-3-12(13)14-9-19-10-21(14)18/h1-4,7-10,15,18,22H,5-6H2/t15?,18-/m0/s1. The Morgan fingerprint density at radius 2 is 2.09 bits per heavy atom. The van der Waals surface area contributed by atoms with Crippen molar-refractivity contribution in [3.05, 3.63) is 71.4 Å². The molecule has 0 amide bonds. The molecule has 4 nitrogen and oxygen atoms in total. The van der Waals surface area contributed by atoms with E-state index < -0.39 is 6.10 Å². The molecule has 0 saturated heterocycles. The molecule has 0 spiro atoms. The van der Waals surface area contributed by atoms with E-state index in [-0.39, 0.29) is 6.04 Å². The lowest BCUT2D eigenvalue weighted by Gasteiger charge is -2.19. The minimum atomic E-state index is -0.404. The lowest BCUT2D eigenvalue weighted by molar-refractivity contribution is 0.178. The molecule has 4 heteroatoms. The number of fused-ring (bicyclic) bond motifs is 4. The van der Waals surface area contributed by atoms with E-state index in [9.17, 15) is 5.11 Å². The van der Waals surface area contributed by atoms with Crippen molar-refractivity contribution >= 4 is 0 Å². The SMILES string of the molecule is OC1CCc2ccnc([C@@H]3c4ccccc4-c4cncn43)c21. The molecule has 0 bridgehead atoms. The van der Waals surface area contributed by atoms with Crippen LogP contribution in [0.15, 0.2) is 49.1 Å². The average molecular weight is 289 g/mol. The third-order valence-electron chi connectivity index (χ3n) is 4.87. The second-order valence-corrected chi connectivity index (χ2v) is 6.00. The van der Waals surface area contributed by atoms with Gasteiger partial charge in [-0.05, 0) is 30.0 Å². The summed E-state index contributed by atoms with van der Waals surface area (Å²) in [7, 11) is 0. The van der Waals surface area contributed by atoms with Gasteiger partial charge >= 0.3 is 0 Å². The first-order valence-corrected chi connectivity index (χ1v) is 7.61. The Balaban J connectivity index is 1.80. The second kappa shape index (κ2) is 4.27. The Bertz CT molecular complexity index is 884. The number of aliphatic hydroxyl groups excluding tert-OH is 1. The number of benzene rings is 1. The van der Waals surface area contributed by atoms with Crippen molar-refractivity contribution in [3.8, 4) is 11.3 Å². The smallest absolute Gasteiger partial charge is 0.103 e. The molecule has 2 aliphatic rings.